The molecule has 4 heterocycles. The summed E-state index contributed by atoms with van der Waals surface area (Å²) in [5.74, 6) is 1.59. The highest BCUT2D eigenvalue weighted by atomic mass is 16.3. The topological polar surface area (TPSA) is 69.9 Å². The van der Waals surface area contributed by atoms with Gasteiger partial charge in [-0.3, -0.25) is 0 Å². The fraction of sp³-hybridized carbons (Fsp3) is 0. The Labute approximate surface area is 358 Å². The fourth-order valence-corrected chi connectivity index (χ4v) is 9.99. The summed E-state index contributed by atoms with van der Waals surface area (Å²) in [6.07, 6.45) is 0. The maximum atomic E-state index is 7.10. The predicted molar refractivity (Wildman–Crippen MR) is 258 cm³/mol. The molecule has 0 bridgehead atoms. The van der Waals surface area contributed by atoms with Crippen molar-refractivity contribution < 1.29 is 8.83 Å². The molecule has 0 amide bonds. The average molecular weight is 805 g/mol. The van der Waals surface area contributed by atoms with Crippen molar-refractivity contribution in [1.29, 1.82) is 0 Å². The van der Waals surface area contributed by atoms with E-state index >= 15 is 0 Å². The number of hydrogen-bond acceptors (Lipinski definition) is 5. The van der Waals surface area contributed by atoms with Gasteiger partial charge in [-0.05, 0) is 69.4 Å². The van der Waals surface area contributed by atoms with E-state index in [1.165, 1.54) is 26.9 Å². The highest BCUT2D eigenvalue weighted by Crippen LogP contribution is 2.48. The van der Waals surface area contributed by atoms with E-state index in [1.807, 2.05) is 66.7 Å². The Morgan fingerprint density at radius 1 is 0.333 bits per heavy atom. The van der Waals surface area contributed by atoms with E-state index in [0.717, 1.165) is 87.9 Å². The summed E-state index contributed by atoms with van der Waals surface area (Å²) in [5, 5.41) is 13.4. The summed E-state index contributed by atoms with van der Waals surface area (Å²) in [7, 11) is 0. The number of para-hydroxylation sites is 2. The van der Waals surface area contributed by atoms with Gasteiger partial charge in [0.15, 0.2) is 17.5 Å². The lowest BCUT2D eigenvalue weighted by Crippen LogP contribution is -2.05. The molecule has 4 aromatic heterocycles. The van der Waals surface area contributed by atoms with E-state index in [9.17, 15) is 0 Å². The number of hydrogen-bond donors (Lipinski definition) is 0. The first-order valence-corrected chi connectivity index (χ1v) is 21.2. The van der Waals surface area contributed by atoms with Gasteiger partial charge in [0.05, 0.1) is 22.3 Å². The second-order valence-corrected chi connectivity index (χ2v) is 16.3. The van der Waals surface area contributed by atoms with Crippen LogP contribution in [0.15, 0.2) is 203 Å². The second-order valence-electron chi connectivity index (χ2n) is 16.3. The first kappa shape index (κ1) is 34.1. The molecular formula is C57H32N4O2. The average Bonchev–Trinajstić information content (AvgIpc) is 4.02. The van der Waals surface area contributed by atoms with Crippen molar-refractivity contribution in [3.63, 3.8) is 0 Å². The van der Waals surface area contributed by atoms with Gasteiger partial charge in [-0.2, -0.15) is 0 Å². The lowest BCUT2D eigenvalue weighted by molar-refractivity contribution is 0.668. The maximum absolute atomic E-state index is 7.10. The van der Waals surface area contributed by atoms with Gasteiger partial charge in [0, 0.05) is 48.8 Å². The highest BCUT2D eigenvalue weighted by Gasteiger charge is 2.28. The van der Waals surface area contributed by atoms with Crippen LogP contribution in [0.25, 0.3) is 138 Å². The minimum absolute atomic E-state index is 0.505. The molecule has 14 rings (SSSR count). The number of furan rings is 2. The molecular weight excluding hydrogens is 773 g/mol. The molecule has 0 radical (unpaired) electrons. The summed E-state index contributed by atoms with van der Waals surface area (Å²) < 4.78 is 15.9. The van der Waals surface area contributed by atoms with Gasteiger partial charge in [0.2, 0.25) is 0 Å². The Balaban J connectivity index is 1.18. The Morgan fingerprint density at radius 3 is 1.75 bits per heavy atom. The smallest absolute Gasteiger partial charge is 0.170 e. The lowest BCUT2D eigenvalue weighted by atomic mass is 9.96. The van der Waals surface area contributed by atoms with Crippen LogP contribution in [-0.2, 0) is 0 Å². The number of fused-ring (bicyclic) bond motifs is 14. The van der Waals surface area contributed by atoms with Gasteiger partial charge in [0.1, 0.15) is 22.3 Å². The normalized spacial score (nSPS) is 12.1. The van der Waals surface area contributed by atoms with Crippen molar-refractivity contribution >= 4 is 98.0 Å². The Morgan fingerprint density at radius 2 is 0.937 bits per heavy atom. The summed E-state index contributed by atoms with van der Waals surface area (Å²) in [4.78, 5) is 16.1. The molecule has 0 fully saturated rings. The maximum Gasteiger partial charge on any atom is 0.170 e. The predicted octanol–water partition coefficient (Wildman–Crippen LogP) is 15.2. The van der Waals surface area contributed by atoms with Crippen molar-refractivity contribution in [2.75, 3.05) is 0 Å². The SMILES string of the molecule is c1ccc(-c2nc(-c3ccc4c(c3)oc3ccccc34)nc(-c3c(-n4c5cc6ccccc6cc5c5c6ccccc6ccc54)c4ccccc4c4c3oc3ccccc34)n2)cc1. The van der Waals surface area contributed by atoms with Crippen LogP contribution >= 0.6 is 0 Å². The van der Waals surface area contributed by atoms with E-state index in [4.69, 9.17) is 23.8 Å². The van der Waals surface area contributed by atoms with Gasteiger partial charge in [-0.1, -0.05) is 152 Å². The fourth-order valence-electron chi connectivity index (χ4n) is 9.99. The van der Waals surface area contributed by atoms with E-state index in [0.29, 0.717) is 23.1 Å². The second kappa shape index (κ2) is 12.9. The van der Waals surface area contributed by atoms with E-state index in [2.05, 4.69) is 132 Å². The van der Waals surface area contributed by atoms with Crippen LogP contribution in [0.2, 0.25) is 0 Å². The molecule has 14 aromatic rings. The van der Waals surface area contributed by atoms with Crippen LogP contribution in [0.3, 0.4) is 0 Å². The van der Waals surface area contributed by atoms with Crippen molar-refractivity contribution in [1.82, 2.24) is 19.5 Å². The van der Waals surface area contributed by atoms with Crippen LogP contribution in [0.4, 0.5) is 0 Å². The third kappa shape index (κ3) is 4.97. The molecule has 63 heavy (non-hydrogen) atoms. The zero-order chi connectivity index (χ0) is 41.2. The molecule has 10 aromatic carbocycles. The van der Waals surface area contributed by atoms with Gasteiger partial charge in [-0.15, -0.1) is 0 Å². The van der Waals surface area contributed by atoms with Crippen molar-refractivity contribution in [3.05, 3.63) is 194 Å². The molecule has 6 heteroatoms. The van der Waals surface area contributed by atoms with E-state index in [1.54, 1.807) is 0 Å². The quantitative estimate of drug-likeness (QED) is 0.177. The zero-order valence-corrected chi connectivity index (χ0v) is 33.6. The molecule has 0 N–H and O–H groups in total. The highest BCUT2D eigenvalue weighted by molar-refractivity contribution is 6.28. The van der Waals surface area contributed by atoms with E-state index < -0.39 is 0 Å². The largest absolute Gasteiger partial charge is 0.456 e. The first-order chi connectivity index (χ1) is 31.2. The zero-order valence-electron chi connectivity index (χ0n) is 33.6. The monoisotopic (exact) mass is 804 g/mol. The van der Waals surface area contributed by atoms with Crippen LogP contribution in [0, 0.1) is 0 Å². The molecule has 0 aliphatic carbocycles. The minimum Gasteiger partial charge on any atom is -0.456 e. The summed E-state index contributed by atoms with van der Waals surface area (Å²) in [6.45, 7) is 0. The number of nitrogens with zero attached hydrogens (tertiary/aromatic N) is 4. The standard InChI is InChI=1S/C57H32N4O2/c1-2-15-34(16-3-1)55-58-56(37-26-28-40-39-20-10-12-24-47(39)62-49(40)32-37)60-57(59-55)52-53(42-22-9-8-21-41(42)51-43-23-11-13-25-48(43)63-54(51)52)61-45-29-27-33-14-6-7-19-38(33)50(45)44-30-35-17-4-5-18-36(35)31-46(44)61/h1-32H. The van der Waals surface area contributed by atoms with Crippen LogP contribution in [-0.4, -0.2) is 19.5 Å². The van der Waals surface area contributed by atoms with Gasteiger partial charge < -0.3 is 13.4 Å². The molecule has 0 aliphatic rings. The van der Waals surface area contributed by atoms with E-state index in [-0.39, 0.29) is 0 Å². The number of rotatable bonds is 4. The number of benzene rings is 10. The van der Waals surface area contributed by atoms with Crippen molar-refractivity contribution in [3.8, 4) is 39.9 Å². The summed E-state index contributed by atoms with van der Waals surface area (Å²) in [6, 6.07) is 67.9. The Bertz CT molecular complexity index is 4220. The van der Waals surface area contributed by atoms with Gasteiger partial charge >= 0.3 is 0 Å². The first-order valence-electron chi connectivity index (χ1n) is 21.2. The molecule has 0 atom stereocenters. The van der Waals surface area contributed by atoms with Crippen molar-refractivity contribution in [2.24, 2.45) is 0 Å². The summed E-state index contributed by atoms with van der Waals surface area (Å²) in [5.41, 5.74) is 8.69. The lowest BCUT2D eigenvalue weighted by Gasteiger charge is -2.18. The van der Waals surface area contributed by atoms with Crippen LogP contribution in [0.5, 0.6) is 0 Å². The van der Waals surface area contributed by atoms with Crippen molar-refractivity contribution in [2.45, 2.75) is 0 Å². The van der Waals surface area contributed by atoms with Gasteiger partial charge in [-0.25, -0.2) is 15.0 Å². The van der Waals surface area contributed by atoms with Crippen LogP contribution in [0.1, 0.15) is 0 Å². The molecule has 0 saturated carbocycles. The molecule has 292 valence electrons. The molecule has 0 unspecified atom stereocenters. The number of aromatic nitrogens is 4. The Hall–Kier alpha value is -8.61. The van der Waals surface area contributed by atoms with Crippen LogP contribution < -0.4 is 0 Å². The van der Waals surface area contributed by atoms with Gasteiger partial charge in [0.25, 0.3) is 0 Å². The molecule has 0 saturated heterocycles. The summed E-state index contributed by atoms with van der Waals surface area (Å²) >= 11 is 0. The molecule has 6 nitrogen and oxygen atoms in total. The Kier molecular flexibility index (Phi) is 7.02. The minimum atomic E-state index is 0.505. The third-order valence-corrected chi connectivity index (χ3v) is 12.8. The third-order valence-electron chi connectivity index (χ3n) is 12.8. The molecule has 0 aliphatic heterocycles. The molecule has 0 spiro atoms.